The summed E-state index contributed by atoms with van der Waals surface area (Å²) in [6.45, 7) is 7.00. The summed E-state index contributed by atoms with van der Waals surface area (Å²) in [5.74, 6) is 0.136. The molecule has 0 radical (unpaired) electrons. The van der Waals surface area contributed by atoms with Crippen molar-refractivity contribution in [1.29, 1.82) is 0 Å². The van der Waals surface area contributed by atoms with Gasteiger partial charge in [0.05, 0.1) is 5.56 Å². The summed E-state index contributed by atoms with van der Waals surface area (Å²) >= 11 is 0. The smallest absolute Gasteiger partial charge is 0.256 e. The molecule has 1 heterocycles. The van der Waals surface area contributed by atoms with E-state index < -0.39 is 0 Å². The third-order valence-corrected chi connectivity index (χ3v) is 3.98. The SMILES string of the molecule is CNc1cc(C)ccc1C(=O)N1CCCN(C)CC1C. The van der Waals surface area contributed by atoms with Gasteiger partial charge in [0.1, 0.15) is 0 Å². The lowest BCUT2D eigenvalue weighted by molar-refractivity contribution is 0.0697. The van der Waals surface area contributed by atoms with Gasteiger partial charge in [-0.05, 0) is 51.6 Å². The summed E-state index contributed by atoms with van der Waals surface area (Å²) in [5, 5.41) is 3.14. The maximum absolute atomic E-state index is 12.8. The van der Waals surface area contributed by atoms with Crippen molar-refractivity contribution in [3.8, 4) is 0 Å². The lowest BCUT2D eigenvalue weighted by atomic mass is 10.1. The van der Waals surface area contributed by atoms with Crippen LogP contribution in [0.15, 0.2) is 18.2 Å². The Morgan fingerprint density at radius 2 is 2.10 bits per heavy atom. The predicted molar refractivity (Wildman–Crippen MR) is 83.3 cm³/mol. The minimum atomic E-state index is 0.136. The van der Waals surface area contributed by atoms with Gasteiger partial charge in [0.15, 0.2) is 0 Å². The first kappa shape index (κ1) is 14.9. The van der Waals surface area contributed by atoms with Crippen molar-refractivity contribution in [1.82, 2.24) is 9.80 Å². The number of anilines is 1. The zero-order valence-electron chi connectivity index (χ0n) is 12.9. The molecule has 1 aliphatic rings. The second-order valence-corrected chi connectivity index (χ2v) is 5.76. The molecule has 0 bridgehead atoms. The Bertz CT molecular complexity index is 487. The molecule has 1 aromatic rings. The zero-order chi connectivity index (χ0) is 14.7. The van der Waals surface area contributed by atoms with Crippen LogP contribution >= 0.6 is 0 Å². The van der Waals surface area contributed by atoms with Crippen molar-refractivity contribution in [3.05, 3.63) is 29.3 Å². The average Bonchev–Trinajstić information content (AvgIpc) is 2.58. The van der Waals surface area contributed by atoms with Crippen LogP contribution in [0.5, 0.6) is 0 Å². The van der Waals surface area contributed by atoms with Crippen molar-refractivity contribution in [2.24, 2.45) is 0 Å². The lowest BCUT2D eigenvalue weighted by Gasteiger charge is -2.29. The van der Waals surface area contributed by atoms with E-state index in [4.69, 9.17) is 0 Å². The molecule has 4 heteroatoms. The molecule has 1 unspecified atom stereocenters. The maximum Gasteiger partial charge on any atom is 0.256 e. The van der Waals surface area contributed by atoms with Gasteiger partial charge >= 0.3 is 0 Å². The van der Waals surface area contributed by atoms with Crippen LogP contribution in [-0.2, 0) is 0 Å². The second-order valence-electron chi connectivity index (χ2n) is 5.76. The molecular weight excluding hydrogens is 250 g/mol. The van der Waals surface area contributed by atoms with Crippen LogP contribution in [0, 0.1) is 6.92 Å². The Balaban J connectivity index is 2.26. The van der Waals surface area contributed by atoms with Crippen LogP contribution in [0.2, 0.25) is 0 Å². The molecule has 0 aliphatic carbocycles. The van der Waals surface area contributed by atoms with E-state index in [0.29, 0.717) is 0 Å². The molecule has 1 saturated heterocycles. The normalized spacial score (nSPS) is 20.6. The number of carbonyl (C=O) groups excluding carboxylic acids is 1. The number of hydrogen-bond donors (Lipinski definition) is 1. The fourth-order valence-corrected chi connectivity index (χ4v) is 2.88. The third-order valence-electron chi connectivity index (χ3n) is 3.98. The van der Waals surface area contributed by atoms with Gasteiger partial charge in [-0.15, -0.1) is 0 Å². The maximum atomic E-state index is 12.8. The zero-order valence-corrected chi connectivity index (χ0v) is 12.9. The molecule has 0 saturated carbocycles. The quantitative estimate of drug-likeness (QED) is 0.899. The fraction of sp³-hybridized carbons (Fsp3) is 0.562. The molecule has 110 valence electrons. The largest absolute Gasteiger partial charge is 0.387 e. The van der Waals surface area contributed by atoms with Crippen LogP contribution < -0.4 is 5.32 Å². The van der Waals surface area contributed by atoms with Gasteiger partial charge in [0.2, 0.25) is 0 Å². The summed E-state index contributed by atoms with van der Waals surface area (Å²) in [6, 6.07) is 6.22. The number of rotatable bonds is 2. The van der Waals surface area contributed by atoms with E-state index in [2.05, 4.69) is 24.2 Å². The number of aryl methyl sites for hydroxylation is 1. The van der Waals surface area contributed by atoms with Gasteiger partial charge in [-0.2, -0.15) is 0 Å². The Kier molecular flexibility index (Phi) is 4.65. The van der Waals surface area contributed by atoms with E-state index in [-0.39, 0.29) is 11.9 Å². The van der Waals surface area contributed by atoms with E-state index in [1.165, 1.54) is 0 Å². The standard InChI is InChI=1S/C16H25N3O/c1-12-6-7-14(15(10-12)17-3)16(20)19-9-5-8-18(4)11-13(19)2/h6-7,10,13,17H,5,8-9,11H2,1-4H3. The van der Waals surface area contributed by atoms with Crippen molar-refractivity contribution in [2.75, 3.05) is 39.0 Å². The number of nitrogens with one attached hydrogen (secondary N) is 1. The highest BCUT2D eigenvalue weighted by Gasteiger charge is 2.26. The monoisotopic (exact) mass is 275 g/mol. The highest BCUT2D eigenvalue weighted by atomic mass is 16.2. The van der Waals surface area contributed by atoms with Gasteiger partial charge in [0.25, 0.3) is 5.91 Å². The van der Waals surface area contributed by atoms with Gasteiger partial charge in [0, 0.05) is 31.9 Å². The molecule has 4 nitrogen and oxygen atoms in total. The molecule has 2 rings (SSSR count). The van der Waals surface area contributed by atoms with Crippen molar-refractivity contribution < 1.29 is 4.79 Å². The fourth-order valence-electron chi connectivity index (χ4n) is 2.88. The number of hydrogen-bond acceptors (Lipinski definition) is 3. The summed E-state index contributed by atoms with van der Waals surface area (Å²) < 4.78 is 0. The number of benzene rings is 1. The summed E-state index contributed by atoms with van der Waals surface area (Å²) in [6.07, 6.45) is 1.04. The van der Waals surface area contributed by atoms with Gasteiger partial charge < -0.3 is 15.1 Å². The number of amides is 1. The minimum Gasteiger partial charge on any atom is -0.387 e. The van der Waals surface area contributed by atoms with Crippen LogP contribution in [0.25, 0.3) is 0 Å². The molecule has 1 atom stereocenters. The summed E-state index contributed by atoms with van der Waals surface area (Å²) in [5.41, 5.74) is 2.85. The minimum absolute atomic E-state index is 0.136. The van der Waals surface area contributed by atoms with E-state index in [0.717, 1.165) is 42.9 Å². The Morgan fingerprint density at radius 3 is 2.80 bits per heavy atom. The molecule has 1 aromatic carbocycles. The van der Waals surface area contributed by atoms with Crippen molar-refractivity contribution >= 4 is 11.6 Å². The van der Waals surface area contributed by atoms with E-state index in [1.54, 1.807) is 0 Å². The van der Waals surface area contributed by atoms with E-state index in [9.17, 15) is 4.79 Å². The molecular formula is C16H25N3O. The topological polar surface area (TPSA) is 35.6 Å². The average molecular weight is 275 g/mol. The molecule has 1 N–H and O–H groups in total. The highest BCUT2D eigenvalue weighted by molar-refractivity contribution is 6.00. The predicted octanol–water partition coefficient (Wildman–Crippen LogP) is 2.20. The van der Waals surface area contributed by atoms with Crippen LogP contribution in [-0.4, -0.2) is 55.5 Å². The third kappa shape index (κ3) is 3.12. The number of nitrogens with zero attached hydrogens (tertiary/aromatic N) is 2. The van der Waals surface area contributed by atoms with Crippen LogP contribution in [0.3, 0.4) is 0 Å². The van der Waals surface area contributed by atoms with Gasteiger partial charge in [-0.25, -0.2) is 0 Å². The first-order valence-electron chi connectivity index (χ1n) is 7.31. The van der Waals surface area contributed by atoms with Crippen LogP contribution in [0.1, 0.15) is 29.3 Å². The highest BCUT2D eigenvalue weighted by Crippen LogP contribution is 2.21. The second kappa shape index (κ2) is 6.27. The Hall–Kier alpha value is -1.55. The summed E-state index contributed by atoms with van der Waals surface area (Å²) in [4.78, 5) is 17.1. The lowest BCUT2D eigenvalue weighted by Crippen LogP contribution is -2.42. The van der Waals surface area contributed by atoms with Crippen LogP contribution in [0.4, 0.5) is 5.69 Å². The van der Waals surface area contributed by atoms with Crippen molar-refractivity contribution in [2.45, 2.75) is 26.3 Å². The molecule has 1 fully saturated rings. The Morgan fingerprint density at radius 1 is 1.35 bits per heavy atom. The molecule has 20 heavy (non-hydrogen) atoms. The first-order chi connectivity index (χ1) is 9.52. The van der Waals surface area contributed by atoms with Gasteiger partial charge in [-0.3, -0.25) is 4.79 Å². The summed E-state index contributed by atoms with van der Waals surface area (Å²) in [7, 11) is 3.99. The molecule has 0 aromatic heterocycles. The first-order valence-corrected chi connectivity index (χ1v) is 7.31. The van der Waals surface area contributed by atoms with E-state index in [1.807, 2.05) is 37.1 Å². The number of carbonyl (C=O) groups is 1. The van der Waals surface area contributed by atoms with Gasteiger partial charge in [-0.1, -0.05) is 6.07 Å². The number of likely N-dealkylation sites (N-methyl/N-ethyl adjacent to an activating group) is 1. The molecule has 0 spiro atoms. The van der Waals surface area contributed by atoms with Crippen molar-refractivity contribution in [3.63, 3.8) is 0 Å². The van der Waals surface area contributed by atoms with E-state index >= 15 is 0 Å². The molecule has 1 aliphatic heterocycles. The molecule has 1 amide bonds. The Labute approximate surface area is 121 Å².